The molecule has 3 heteroatoms. The fourth-order valence-corrected chi connectivity index (χ4v) is 4.00. The van der Waals surface area contributed by atoms with E-state index in [-0.39, 0.29) is 0 Å². The lowest BCUT2D eigenvalue weighted by atomic mass is 9.92. The predicted molar refractivity (Wildman–Crippen MR) is 97.3 cm³/mol. The van der Waals surface area contributed by atoms with E-state index in [0.717, 1.165) is 25.3 Å². The third-order valence-electron chi connectivity index (χ3n) is 5.18. The van der Waals surface area contributed by atoms with E-state index in [1.807, 2.05) is 0 Å². The summed E-state index contributed by atoms with van der Waals surface area (Å²) >= 11 is 0. The first-order valence-electron chi connectivity index (χ1n) is 9.10. The summed E-state index contributed by atoms with van der Waals surface area (Å²) in [6.07, 6.45) is 3.76. The van der Waals surface area contributed by atoms with Gasteiger partial charge < -0.3 is 15.4 Å². The van der Waals surface area contributed by atoms with Gasteiger partial charge >= 0.3 is 0 Å². The molecule has 2 N–H and O–H groups in total. The Morgan fingerprint density at radius 3 is 2.88 bits per heavy atom. The molecule has 2 aliphatic rings. The summed E-state index contributed by atoms with van der Waals surface area (Å²) in [5, 5.41) is 7.48. The van der Waals surface area contributed by atoms with Gasteiger partial charge in [-0.1, -0.05) is 48.5 Å². The highest BCUT2D eigenvalue weighted by atomic mass is 16.5. The van der Waals surface area contributed by atoms with Gasteiger partial charge in [0.05, 0.1) is 0 Å². The van der Waals surface area contributed by atoms with Crippen LogP contribution in [-0.2, 0) is 13.0 Å². The number of piperidine rings is 1. The van der Waals surface area contributed by atoms with Crippen molar-refractivity contribution in [2.24, 2.45) is 0 Å². The van der Waals surface area contributed by atoms with E-state index in [0.29, 0.717) is 18.2 Å². The highest BCUT2D eigenvalue weighted by Crippen LogP contribution is 2.33. The van der Waals surface area contributed by atoms with Crippen molar-refractivity contribution in [1.82, 2.24) is 10.6 Å². The SMILES string of the molecule is CC1Cc2cccc(CNC3CCCNC3c3ccccc3)c2O1. The first kappa shape index (κ1) is 15.7. The summed E-state index contributed by atoms with van der Waals surface area (Å²) < 4.78 is 6.03. The zero-order chi connectivity index (χ0) is 16.4. The van der Waals surface area contributed by atoms with E-state index in [2.05, 4.69) is 66.1 Å². The highest BCUT2D eigenvalue weighted by molar-refractivity contribution is 5.44. The zero-order valence-corrected chi connectivity index (χ0v) is 14.3. The monoisotopic (exact) mass is 322 g/mol. The lowest BCUT2D eigenvalue weighted by molar-refractivity contribution is 0.250. The molecule has 126 valence electrons. The molecule has 3 nitrogen and oxygen atoms in total. The van der Waals surface area contributed by atoms with Gasteiger partial charge in [-0.15, -0.1) is 0 Å². The lowest BCUT2D eigenvalue weighted by Crippen LogP contribution is -2.45. The van der Waals surface area contributed by atoms with Crippen molar-refractivity contribution in [2.75, 3.05) is 6.54 Å². The van der Waals surface area contributed by atoms with Gasteiger partial charge in [-0.05, 0) is 37.4 Å². The van der Waals surface area contributed by atoms with E-state index in [1.165, 1.54) is 29.5 Å². The van der Waals surface area contributed by atoms with Gasteiger partial charge in [0.25, 0.3) is 0 Å². The van der Waals surface area contributed by atoms with Crippen LogP contribution < -0.4 is 15.4 Å². The Labute approximate surface area is 144 Å². The van der Waals surface area contributed by atoms with Gasteiger partial charge in [0.15, 0.2) is 0 Å². The topological polar surface area (TPSA) is 33.3 Å². The van der Waals surface area contributed by atoms with E-state index in [4.69, 9.17) is 4.74 Å². The molecule has 0 amide bonds. The summed E-state index contributed by atoms with van der Waals surface area (Å²) in [6, 6.07) is 18.2. The Kier molecular flexibility index (Phi) is 4.54. The molecule has 0 aliphatic carbocycles. The number of benzene rings is 2. The summed E-state index contributed by atoms with van der Waals surface area (Å²) in [5.41, 5.74) is 4.01. The van der Waals surface area contributed by atoms with Gasteiger partial charge in [-0.2, -0.15) is 0 Å². The van der Waals surface area contributed by atoms with E-state index >= 15 is 0 Å². The van der Waals surface area contributed by atoms with Gasteiger partial charge in [-0.25, -0.2) is 0 Å². The number of hydrogen-bond acceptors (Lipinski definition) is 3. The number of hydrogen-bond donors (Lipinski definition) is 2. The summed E-state index contributed by atoms with van der Waals surface area (Å²) in [6.45, 7) is 4.11. The van der Waals surface area contributed by atoms with Crippen LogP contribution in [-0.4, -0.2) is 18.7 Å². The lowest BCUT2D eigenvalue weighted by Gasteiger charge is -2.34. The third-order valence-corrected chi connectivity index (χ3v) is 5.18. The fraction of sp³-hybridized carbons (Fsp3) is 0.429. The predicted octanol–water partition coefficient (Wildman–Crippen LogP) is 3.59. The van der Waals surface area contributed by atoms with Crippen molar-refractivity contribution >= 4 is 0 Å². The van der Waals surface area contributed by atoms with Crippen molar-refractivity contribution in [2.45, 2.75) is 50.9 Å². The van der Waals surface area contributed by atoms with Crippen molar-refractivity contribution in [3.8, 4) is 5.75 Å². The highest BCUT2D eigenvalue weighted by Gasteiger charge is 2.27. The molecular formula is C21H26N2O. The molecule has 2 aromatic carbocycles. The van der Waals surface area contributed by atoms with Crippen molar-refractivity contribution in [3.63, 3.8) is 0 Å². The molecule has 0 bridgehead atoms. The van der Waals surface area contributed by atoms with E-state index < -0.39 is 0 Å². The Bertz CT molecular complexity index is 685. The number of rotatable bonds is 4. The van der Waals surface area contributed by atoms with Crippen LogP contribution in [0.5, 0.6) is 5.75 Å². The van der Waals surface area contributed by atoms with Crippen LogP contribution in [0.15, 0.2) is 48.5 Å². The van der Waals surface area contributed by atoms with Crippen LogP contribution in [0.4, 0.5) is 0 Å². The second-order valence-electron chi connectivity index (χ2n) is 7.01. The summed E-state index contributed by atoms with van der Waals surface area (Å²) in [7, 11) is 0. The Morgan fingerprint density at radius 1 is 1.12 bits per heavy atom. The molecule has 1 saturated heterocycles. The normalized spacial score (nSPS) is 26.0. The van der Waals surface area contributed by atoms with Gasteiger partial charge in [0, 0.05) is 30.6 Å². The third kappa shape index (κ3) is 3.19. The average Bonchev–Trinajstić information content (AvgIpc) is 3.02. The molecule has 24 heavy (non-hydrogen) atoms. The van der Waals surface area contributed by atoms with Crippen LogP contribution in [0.2, 0.25) is 0 Å². The van der Waals surface area contributed by atoms with Crippen LogP contribution in [0.3, 0.4) is 0 Å². The fourth-order valence-electron chi connectivity index (χ4n) is 4.00. The maximum atomic E-state index is 6.03. The maximum Gasteiger partial charge on any atom is 0.127 e. The Morgan fingerprint density at radius 2 is 2.00 bits per heavy atom. The Hall–Kier alpha value is -1.84. The summed E-state index contributed by atoms with van der Waals surface area (Å²) in [5.74, 6) is 1.11. The quantitative estimate of drug-likeness (QED) is 0.902. The molecule has 3 atom stereocenters. The maximum absolute atomic E-state index is 6.03. The van der Waals surface area contributed by atoms with Crippen LogP contribution >= 0.6 is 0 Å². The largest absolute Gasteiger partial charge is 0.490 e. The number of para-hydroxylation sites is 1. The average molecular weight is 322 g/mol. The zero-order valence-electron chi connectivity index (χ0n) is 14.3. The minimum atomic E-state index is 0.301. The number of fused-ring (bicyclic) bond motifs is 1. The molecule has 2 aromatic rings. The minimum absolute atomic E-state index is 0.301. The second kappa shape index (κ2) is 6.96. The molecule has 2 aliphatic heterocycles. The van der Waals surface area contributed by atoms with Crippen molar-refractivity contribution < 1.29 is 4.74 Å². The van der Waals surface area contributed by atoms with E-state index in [9.17, 15) is 0 Å². The van der Waals surface area contributed by atoms with E-state index in [1.54, 1.807) is 0 Å². The molecular weight excluding hydrogens is 296 g/mol. The molecule has 0 aromatic heterocycles. The van der Waals surface area contributed by atoms with Gasteiger partial charge in [0.1, 0.15) is 11.9 Å². The Balaban J connectivity index is 1.48. The molecule has 0 spiro atoms. The van der Waals surface area contributed by atoms with Crippen LogP contribution in [0.25, 0.3) is 0 Å². The van der Waals surface area contributed by atoms with Crippen molar-refractivity contribution in [3.05, 3.63) is 65.2 Å². The number of nitrogens with one attached hydrogen (secondary N) is 2. The molecule has 0 saturated carbocycles. The first-order chi connectivity index (χ1) is 11.8. The second-order valence-corrected chi connectivity index (χ2v) is 7.01. The number of ether oxygens (including phenoxy) is 1. The standard InChI is InChI=1S/C21H26N2O/c1-15-13-17-9-5-10-18(21(17)24-15)14-23-19-11-6-12-22-20(19)16-7-3-2-4-8-16/h2-5,7-10,15,19-20,22-23H,6,11-14H2,1H3. The van der Waals surface area contributed by atoms with Gasteiger partial charge in [0.2, 0.25) is 0 Å². The molecule has 1 fully saturated rings. The van der Waals surface area contributed by atoms with Crippen LogP contribution in [0.1, 0.15) is 42.5 Å². The van der Waals surface area contributed by atoms with Crippen molar-refractivity contribution in [1.29, 1.82) is 0 Å². The molecule has 4 rings (SSSR count). The minimum Gasteiger partial charge on any atom is -0.490 e. The first-order valence-corrected chi connectivity index (χ1v) is 9.10. The summed E-state index contributed by atoms with van der Waals surface area (Å²) in [4.78, 5) is 0. The smallest absolute Gasteiger partial charge is 0.127 e. The molecule has 2 heterocycles. The molecule has 3 unspecified atom stereocenters. The molecule has 0 radical (unpaired) electrons. The van der Waals surface area contributed by atoms with Crippen LogP contribution in [0, 0.1) is 0 Å². The van der Waals surface area contributed by atoms with Gasteiger partial charge in [-0.3, -0.25) is 0 Å².